The summed E-state index contributed by atoms with van der Waals surface area (Å²) in [7, 11) is 1.85. The van der Waals surface area contributed by atoms with Crippen molar-refractivity contribution >= 4 is 27.5 Å². The third-order valence-electron chi connectivity index (χ3n) is 3.42. The largest absolute Gasteiger partial charge is 0.385 e. The standard InChI is InChI=1S/C17H20BrN3O/c1-21(13-9-14-6-10-19-11-7-14)17(22)8-12-20-16-4-2-15(18)3-5-16/h2-7,10-11,20H,8-9,12-13H2,1H3. The average Bonchev–Trinajstić information content (AvgIpc) is 2.55. The van der Waals surface area contributed by atoms with Crippen LogP contribution in [0.25, 0.3) is 0 Å². The molecule has 0 spiro atoms. The maximum Gasteiger partial charge on any atom is 0.224 e. The van der Waals surface area contributed by atoms with E-state index >= 15 is 0 Å². The van der Waals surface area contributed by atoms with E-state index in [9.17, 15) is 4.79 Å². The van der Waals surface area contributed by atoms with Gasteiger partial charge in [0, 0.05) is 49.1 Å². The number of nitrogens with one attached hydrogen (secondary N) is 1. The highest BCUT2D eigenvalue weighted by Crippen LogP contribution is 2.14. The van der Waals surface area contributed by atoms with Crippen molar-refractivity contribution in [3.05, 3.63) is 58.8 Å². The van der Waals surface area contributed by atoms with Crippen LogP contribution >= 0.6 is 15.9 Å². The number of benzene rings is 1. The Morgan fingerprint density at radius 1 is 1.18 bits per heavy atom. The number of likely N-dealkylation sites (N-methyl/N-ethyl adjacent to an activating group) is 1. The summed E-state index contributed by atoms with van der Waals surface area (Å²) in [5.41, 5.74) is 2.22. The van der Waals surface area contributed by atoms with Crippen LogP contribution < -0.4 is 5.32 Å². The topological polar surface area (TPSA) is 45.2 Å². The number of anilines is 1. The normalized spacial score (nSPS) is 10.3. The highest BCUT2D eigenvalue weighted by atomic mass is 79.9. The molecule has 22 heavy (non-hydrogen) atoms. The van der Waals surface area contributed by atoms with Crippen LogP contribution in [-0.4, -0.2) is 35.9 Å². The second kappa shape index (κ2) is 8.54. The number of aromatic nitrogens is 1. The number of hydrogen-bond acceptors (Lipinski definition) is 3. The van der Waals surface area contributed by atoms with Crippen molar-refractivity contribution in [2.45, 2.75) is 12.8 Å². The van der Waals surface area contributed by atoms with Gasteiger partial charge in [0.05, 0.1) is 0 Å². The molecule has 1 aromatic heterocycles. The number of amides is 1. The van der Waals surface area contributed by atoms with Gasteiger partial charge in [0.2, 0.25) is 5.91 Å². The first kappa shape index (κ1) is 16.5. The molecular formula is C17H20BrN3O. The Bertz CT molecular complexity index is 587. The van der Waals surface area contributed by atoms with Gasteiger partial charge in [0.25, 0.3) is 0 Å². The Morgan fingerprint density at radius 2 is 1.86 bits per heavy atom. The molecule has 1 amide bonds. The van der Waals surface area contributed by atoms with E-state index in [-0.39, 0.29) is 5.91 Å². The monoisotopic (exact) mass is 361 g/mol. The fraction of sp³-hybridized carbons (Fsp3) is 0.294. The molecule has 0 unspecified atom stereocenters. The van der Waals surface area contributed by atoms with Gasteiger partial charge in [-0.2, -0.15) is 0 Å². The Labute approximate surface area is 139 Å². The van der Waals surface area contributed by atoms with Gasteiger partial charge < -0.3 is 10.2 Å². The minimum atomic E-state index is 0.152. The minimum Gasteiger partial charge on any atom is -0.385 e. The van der Waals surface area contributed by atoms with Crippen LogP contribution in [0.2, 0.25) is 0 Å². The lowest BCUT2D eigenvalue weighted by atomic mass is 10.2. The van der Waals surface area contributed by atoms with Crippen molar-refractivity contribution in [2.24, 2.45) is 0 Å². The Kier molecular flexibility index (Phi) is 6.40. The van der Waals surface area contributed by atoms with Crippen LogP contribution in [0.3, 0.4) is 0 Å². The van der Waals surface area contributed by atoms with Gasteiger partial charge in [-0.25, -0.2) is 0 Å². The molecule has 0 aliphatic rings. The highest BCUT2D eigenvalue weighted by Gasteiger charge is 2.08. The summed E-state index contributed by atoms with van der Waals surface area (Å²) in [5, 5.41) is 3.25. The first-order valence-electron chi connectivity index (χ1n) is 7.27. The second-order valence-electron chi connectivity index (χ2n) is 5.10. The Balaban J connectivity index is 1.69. The van der Waals surface area contributed by atoms with Crippen LogP contribution in [-0.2, 0) is 11.2 Å². The molecule has 1 aromatic carbocycles. The van der Waals surface area contributed by atoms with E-state index in [1.165, 1.54) is 5.56 Å². The molecule has 0 aliphatic heterocycles. The zero-order chi connectivity index (χ0) is 15.8. The molecule has 1 N–H and O–H groups in total. The SMILES string of the molecule is CN(CCc1ccncc1)C(=O)CCNc1ccc(Br)cc1. The molecule has 0 bridgehead atoms. The van der Waals surface area contributed by atoms with Crippen molar-refractivity contribution in [3.63, 3.8) is 0 Å². The summed E-state index contributed by atoms with van der Waals surface area (Å²) in [6.07, 6.45) is 4.90. The first-order chi connectivity index (χ1) is 10.6. The second-order valence-corrected chi connectivity index (χ2v) is 6.02. The molecule has 5 heteroatoms. The van der Waals surface area contributed by atoms with Crippen molar-refractivity contribution in [1.29, 1.82) is 0 Å². The number of halogens is 1. The van der Waals surface area contributed by atoms with E-state index in [0.29, 0.717) is 13.0 Å². The van der Waals surface area contributed by atoms with Crippen molar-refractivity contribution in [2.75, 3.05) is 25.5 Å². The highest BCUT2D eigenvalue weighted by molar-refractivity contribution is 9.10. The molecule has 0 fully saturated rings. The molecule has 0 aliphatic carbocycles. The fourth-order valence-corrected chi connectivity index (χ4v) is 2.31. The van der Waals surface area contributed by atoms with Crippen LogP contribution in [0.15, 0.2) is 53.3 Å². The van der Waals surface area contributed by atoms with Crippen LogP contribution in [0.1, 0.15) is 12.0 Å². The molecule has 2 aromatic rings. The van der Waals surface area contributed by atoms with E-state index in [1.807, 2.05) is 43.4 Å². The number of carbonyl (C=O) groups is 1. The lowest BCUT2D eigenvalue weighted by molar-refractivity contribution is -0.129. The summed E-state index contributed by atoms with van der Waals surface area (Å²) in [6, 6.07) is 11.9. The van der Waals surface area contributed by atoms with Crippen LogP contribution in [0, 0.1) is 0 Å². The molecule has 116 valence electrons. The summed E-state index contributed by atoms with van der Waals surface area (Å²) in [4.78, 5) is 17.8. The fourth-order valence-electron chi connectivity index (χ4n) is 2.04. The molecule has 0 atom stereocenters. The van der Waals surface area contributed by atoms with E-state index in [1.54, 1.807) is 17.3 Å². The van der Waals surface area contributed by atoms with Gasteiger partial charge in [0.1, 0.15) is 0 Å². The van der Waals surface area contributed by atoms with Crippen LogP contribution in [0.5, 0.6) is 0 Å². The van der Waals surface area contributed by atoms with Crippen molar-refractivity contribution in [3.8, 4) is 0 Å². The van der Waals surface area contributed by atoms with E-state index in [0.717, 1.165) is 23.1 Å². The quantitative estimate of drug-likeness (QED) is 0.822. The molecule has 0 saturated heterocycles. The molecular weight excluding hydrogens is 342 g/mol. The maximum absolute atomic E-state index is 12.1. The lowest BCUT2D eigenvalue weighted by Crippen LogP contribution is -2.30. The van der Waals surface area contributed by atoms with E-state index < -0.39 is 0 Å². The predicted molar refractivity (Wildman–Crippen MR) is 92.8 cm³/mol. The Hall–Kier alpha value is -1.88. The summed E-state index contributed by atoms with van der Waals surface area (Å²) in [6.45, 7) is 1.36. The third kappa shape index (κ3) is 5.48. The Morgan fingerprint density at radius 3 is 2.55 bits per heavy atom. The average molecular weight is 362 g/mol. The van der Waals surface area contributed by atoms with Gasteiger partial charge in [-0.05, 0) is 48.4 Å². The lowest BCUT2D eigenvalue weighted by Gasteiger charge is -2.17. The van der Waals surface area contributed by atoms with Crippen molar-refractivity contribution in [1.82, 2.24) is 9.88 Å². The van der Waals surface area contributed by atoms with Gasteiger partial charge in [-0.1, -0.05) is 15.9 Å². The predicted octanol–water partition coefficient (Wildman–Crippen LogP) is 3.35. The molecule has 4 nitrogen and oxygen atoms in total. The van der Waals surface area contributed by atoms with Gasteiger partial charge in [-0.3, -0.25) is 9.78 Å². The number of carbonyl (C=O) groups excluding carboxylic acids is 1. The molecule has 2 rings (SSSR count). The number of hydrogen-bond donors (Lipinski definition) is 1. The smallest absolute Gasteiger partial charge is 0.224 e. The first-order valence-corrected chi connectivity index (χ1v) is 8.07. The van der Waals surface area contributed by atoms with E-state index in [4.69, 9.17) is 0 Å². The number of pyridine rings is 1. The van der Waals surface area contributed by atoms with Crippen LogP contribution in [0.4, 0.5) is 5.69 Å². The third-order valence-corrected chi connectivity index (χ3v) is 3.95. The zero-order valence-corrected chi connectivity index (χ0v) is 14.2. The van der Waals surface area contributed by atoms with Gasteiger partial charge >= 0.3 is 0 Å². The minimum absolute atomic E-state index is 0.152. The van der Waals surface area contributed by atoms with E-state index in [2.05, 4.69) is 26.2 Å². The molecule has 0 saturated carbocycles. The maximum atomic E-state index is 12.1. The zero-order valence-electron chi connectivity index (χ0n) is 12.6. The van der Waals surface area contributed by atoms with Gasteiger partial charge in [0.15, 0.2) is 0 Å². The van der Waals surface area contributed by atoms with Crippen molar-refractivity contribution < 1.29 is 4.79 Å². The summed E-state index contributed by atoms with van der Waals surface area (Å²) in [5.74, 6) is 0.152. The molecule has 1 heterocycles. The van der Waals surface area contributed by atoms with Gasteiger partial charge in [-0.15, -0.1) is 0 Å². The summed E-state index contributed by atoms with van der Waals surface area (Å²) >= 11 is 3.40. The molecule has 0 radical (unpaired) electrons. The summed E-state index contributed by atoms with van der Waals surface area (Å²) < 4.78 is 1.05. The number of nitrogens with zero attached hydrogens (tertiary/aromatic N) is 2. The number of rotatable bonds is 7.